The number of carbonyl (C=O) groups is 1. The lowest BCUT2D eigenvalue weighted by molar-refractivity contribution is 0.0606. The molecule has 0 aromatic carbocycles. The second-order valence-electron chi connectivity index (χ2n) is 7.84. The Morgan fingerprint density at radius 2 is 1.97 bits per heavy atom. The Hall–Kier alpha value is -2.92. The number of carbonyl (C=O) groups excluding carboxylic acids is 1. The molecule has 3 aromatic heterocycles. The Morgan fingerprint density at radius 3 is 2.70 bits per heavy atom. The van der Waals surface area contributed by atoms with Gasteiger partial charge in [0.15, 0.2) is 5.65 Å². The molecule has 30 heavy (non-hydrogen) atoms. The van der Waals surface area contributed by atoms with Crippen molar-refractivity contribution >= 4 is 28.7 Å². The van der Waals surface area contributed by atoms with Crippen molar-refractivity contribution in [1.82, 2.24) is 19.5 Å². The fourth-order valence-electron chi connectivity index (χ4n) is 4.47. The third-order valence-electron chi connectivity index (χ3n) is 5.90. The van der Waals surface area contributed by atoms with E-state index in [1.54, 1.807) is 11.3 Å². The lowest BCUT2D eigenvalue weighted by atomic mass is 9.98. The van der Waals surface area contributed by atoms with E-state index in [0.717, 1.165) is 67.2 Å². The molecule has 3 aromatic rings. The zero-order valence-corrected chi connectivity index (χ0v) is 18.0. The molecular formula is C22H26N6OS. The van der Waals surface area contributed by atoms with E-state index >= 15 is 0 Å². The van der Waals surface area contributed by atoms with E-state index in [0.29, 0.717) is 0 Å². The maximum Gasteiger partial charge on any atom is 0.255 e. The number of fused-ring (bicyclic) bond motifs is 1. The Balaban J connectivity index is 0.00000106. The Labute approximate surface area is 180 Å². The average molecular weight is 423 g/mol. The molecule has 0 saturated carbocycles. The molecule has 2 fully saturated rings. The van der Waals surface area contributed by atoms with Gasteiger partial charge in [0.05, 0.1) is 17.3 Å². The minimum absolute atomic E-state index is 0.0263. The van der Waals surface area contributed by atoms with Crippen molar-refractivity contribution in [3.63, 3.8) is 0 Å². The van der Waals surface area contributed by atoms with E-state index in [2.05, 4.69) is 30.7 Å². The van der Waals surface area contributed by atoms with Crippen LogP contribution in [-0.4, -0.2) is 45.0 Å². The summed E-state index contributed by atoms with van der Waals surface area (Å²) in [5.74, 6) is 1.19. The first-order valence-corrected chi connectivity index (χ1v) is 11.4. The first kappa shape index (κ1) is 20.4. The summed E-state index contributed by atoms with van der Waals surface area (Å²) in [6.45, 7) is 8.56. The van der Waals surface area contributed by atoms with E-state index in [1.807, 2.05) is 26.2 Å². The van der Waals surface area contributed by atoms with Gasteiger partial charge in [-0.1, -0.05) is 0 Å². The van der Waals surface area contributed by atoms with Crippen LogP contribution < -0.4 is 4.90 Å². The Kier molecular flexibility index (Phi) is 6.00. The Bertz CT molecular complexity index is 1030. The first-order chi connectivity index (χ1) is 14.7. The monoisotopic (exact) mass is 422 g/mol. The normalized spacial score (nSPS) is 19.0. The van der Waals surface area contributed by atoms with Crippen LogP contribution in [0.4, 0.5) is 5.82 Å². The number of nitrogens with zero attached hydrogens (tertiary/aromatic N) is 6. The minimum Gasteiger partial charge on any atom is -0.356 e. The highest BCUT2D eigenvalue weighted by Crippen LogP contribution is 2.33. The molecule has 1 unspecified atom stereocenters. The second kappa shape index (κ2) is 8.84. The third-order valence-corrected chi connectivity index (χ3v) is 6.59. The second-order valence-corrected chi connectivity index (χ2v) is 8.62. The van der Waals surface area contributed by atoms with Gasteiger partial charge >= 0.3 is 0 Å². The molecule has 2 aliphatic heterocycles. The van der Waals surface area contributed by atoms with Crippen LogP contribution >= 0.6 is 11.3 Å². The molecule has 2 saturated heterocycles. The third kappa shape index (κ3) is 3.77. The number of hydrogen-bond acceptors (Lipinski definition) is 6. The van der Waals surface area contributed by atoms with Gasteiger partial charge in [-0.3, -0.25) is 4.79 Å². The Morgan fingerprint density at radius 1 is 1.20 bits per heavy atom. The minimum atomic E-state index is 0.0263. The van der Waals surface area contributed by atoms with Gasteiger partial charge in [-0.25, -0.2) is 14.8 Å². The van der Waals surface area contributed by atoms with Crippen LogP contribution in [0.1, 0.15) is 59.8 Å². The SMILES string of the molecule is C#N.Cc1cn2nc(C3CCCCN3C(=O)c3ccsc3)cc2nc1N1CCCC1. The smallest absolute Gasteiger partial charge is 0.255 e. The number of rotatable bonds is 3. The van der Waals surface area contributed by atoms with Crippen molar-refractivity contribution in [3.8, 4) is 6.57 Å². The molecule has 0 radical (unpaired) electrons. The standard InChI is InChI=1S/C21H25N5OS.CHN/c1-15-13-26-19(22-20(15)24-8-4-5-9-24)12-17(23-26)18-6-2-3-10-25(18)21(27)16-7-11-28-14-16;1-2/h7,11-14,18H,2-6,8-10H2,1H3;1H. The molecular weight excluding hydrogens is 396 g/mol. The van der Waals surface area contributed by atoms with Crippen LogP contribution in [0.3, 0.4) is 0 Å². The highest BCUT2D eigenvalue weighted by molar-refractivity contribution is 7.08. The van der Waals surface area contributed by atoms with Crippen LogP contribution in [0.5, 0.6) is 0 Å². The van der Waals surface area contributed by atoms with Crippen LogP contribution in [0.15, 0.2) is 29.1 Å². The lowest BCUT2D eigenvalue weighted by Crippen LogP contribution is -2.38. The van der Waals surface area contributed by atoms with Gasteiger partial charge in [0.2, 0.25) is 0 Å². The lowest BCUT2D eigenvalue weighted by Gasteiger charge is -2.34. The van der Waals surface area contributed by atoms with Gasteiger partial charge in [-0.05, 0) is 50.5 Å². The first-order valence-electron chi connectivity index (χ1n) is 10.4. The fourth-order valence-corrected chi connectivity index (χ4v) is 5.09. The molecule has 1 amide bonds. The van der Waals surface area contributed by atoms with Crippen molar-refractivity contribution in [2.75, 3.05) is 24.5 Å². The van der Waals surface area contributed by atoms with E-state index < -0.39 is 0 Å². The quantitative estimate of drug-likeness (QED) is 0.632. The number of aromatic nitrogens is 3. The number of thiophene rings is 1. The topological polar surface area (TPSA) is 77.5 Å². The number of nitriles is 1. The number of aryl methyl sites for hydroxylation is 1. The van der Waals surface area contributed by atoms with Crippen LogP contribution in [0, 0.1) is 18.8 Å². The summed E-state index contributed by atoms with van der Waals surface area (Å²) in [5.41, 5.74) is 3.76. The number of amides is 1. The molecule has 5 heterocycles. The summed E-state index contributed by atoms with van der Waals surface area (Å²) in [6, 6.07) is 4.01. The molecule has 5 rings (SSSR count). The maximum absolute atomic E-state index is 13.0. The summed E-state index contributed by atoms with van der Waals surface area (Å²) in [4.78, 5) is 22.3. The van der Waals surface area contributed by atoms with Crippen molar-refractivity contribution < 1.29 is 4.79 Å². The average Bonchev–Trinajstić information content (AvgIpc) is 3.55. The summed E-state index contributed by atoms with van der Waals surface area (Å²) < 4.78 is 1.88. The zero-order valence-electron chi connectivity index (χ0n) is 17.2. The molecule has 0 N–H and O–H groups in total. The summed E-state index contributed by atoms with van der Waals surface area (Å²) >= 11 is 1.57. The molecule has 0 spiro atoms. The van der Waals surface area contributed by atoms with Crippen molar-refractivity contribution in [2.24, 2.45) is 0 Å². The molecule has 1 atom stereocenters. The van der Waals surface area contributed by atoms with E-state index in [9.17, 15) is 4.79 Å². The van der Waals surface area contributed by atoms with Crippen molar-refractivity contribution in [2.45, 2.75) is 45.1 Å². The van der Waals surface area contributed by atoms with Crippen molar-refractivity contribution in [1.29, 1.82) is 5.26 Å². The number of likely N-dealkylation sites (tertiary alicyclic amines) is 1. The van der Waals surface area contributed by atoms with Gasteiger partial charge < -0.3 is 9.80 Å². The molecule has 156 valence electrons. The van der Waals surface area contributed by atoms with Gasteiger partial charge in [-0.15, -0.1) is 0 Å². The van der Waals surface area contributed by atoms with Crippen LogP contribution in [0.25, 0.3) is 5.65 Å². The zero-order chi connectivity index (χ0) is 21.1. The summed E-state index contributed by atoms with van der Waals surface area (Å²) in [6.07, 6.45) is 7.68. The van der Waals surface area contributed by atoms with Crippen molar-refractivity contribution in [3.05, 3.63) is 45.9 Å². The molecule has 8 heteroatoms. The molecule has 0 aliphatic carbocycles. The van der Waals surface area contributed by atoms with Gasteiger partial charge in [0.25, 0.3) is 5.91 Å². The number of hydrogen-bond donors (Lipinski definition) is 0. The van der Waals surface area contributed by atoms with Crippen LogP contribution in [0.2, 0.25) is 0 Å². The number of anilines is 1. The highest BCUT2D eigenvalue weighted by atomic mass is 32.1. The largest absolute Gasteiger partial charge is 0.356 e. The molecule has 0 bridgehead atoms. The fraction of sp³-hybridized carbons (Fsp3) is 0.455. The van der Waals surface area contributed by atoms with Gasteiger partial charge in [-0.2, -0.15) is 16.4 Å². The van der Waals surface area contributed by atoms with E-state index in [4.69, 9.17) is 15.3 Å². The van der Waals surface area contributed by atoms with E-state index in [1.165, 1.54) is 12.8 Å². The summed E-state index contributed by atoms with van der Waals surface area (Å²) in [5, 5.41) is 15.2. The van der Waals surface area contributed by atoms with Gasteiger partial charge in [0, 0.05) is 49.4 Å². The van der Waals surface area contributed by atoms with E-state index in [-0.39, 0.29) is 11.9 Å². The maximum atomic E-state index is 13.0. The predicted octanol–water partition coefficient (Wildman–Crippen LogP) is 4.21. The molecule has 7 nitrogen and oxygen atoms in total. The summed E-state index contributed by atoms with van der Waals surface area (Å²) in [7, 11) is 0. The van der Waals surface area contributed by atoms with Gasteiger partial charge in [0.1, 0.15) is 5.82 Å². The predicted molar refractivity (Wildman–Crippen MR) is 118 cm³/mol. The molecule has 2 aliphatic rings. The number of piperidine rings is 1. The highest BCUT2D eigenvalue weighted by Gasteiger charge is 2.31. The van der Waals surface area contributed by atoms with Crippen LogP contribution in [-0.2, 0) is 0 Å².